The van der Waals surface area contributed by atoms with Crippen molar-refractivity contribution in [1.29, 1.82) is 0 Å². The summed E-state index contributed by atoms with van der Waals surface area (Å²) in [6.07, 6.45) is 2.40. The van der Waals surface area contributed by atoms with Crippen molar-refractivity contribution in [3.05, 3.63) is 29.0 Å². The molecular formula is C10H11ClN2O2. The number of halogens is 1. The van der Waals surface area contributed by atoms with E-state index in [4.69, 9.17) is 16.3 Å². The number of carbonyl (C=O) groups is 1. The lowest BCUT2D eigenvalue weighted by Crippen LogP contribution is -2.35. The highest BCUT2D eigenvalue weighted by Gasteiger charge is 2.19. The van der Waals surface area contributed by atoms with Crippen molar-refractivity contribution < 1.29 is 9.53 Å². The molecule has 1 amide bonds. The Hall–Kier alpha value is -1.13. The number of rotatable bonds is 2. The van der Waals surface area contributed by atoms with Gasteiger partial charge in [-0.25, -0.2) is 4.98 Å². The van der Waals surface area contributed by atoms with Gasteiger partial charge in [0, 0.05) is 12.8 Å². The van der Waals surface area contributed by atoms with Crippen molar-refractivity contribution in [3.8, 4) is 0 Å². The van der Waals surface area contributed by atoms with E-state index in [1.165, 1.54) is 0 Å². The number of hydrogen-bond donors (Lipinski definition) is 1. The van der Waals surface area contributed by atoms with Crippen molar-refractivity contribution >= 4 is 17.5 Å². The minimum Gasteiger partial charge on any atom is -0.379 e. The molecule has 2 heterocycles. The van der Waals surface area contributed by atoms with E-state index in [2.05, 4.69) is 10.3 Å². The van der Waals surface area contributed by atoms with Crippen LogP contribution in [0.1, 0.15) is 16.8 Å². The van der Waals surface area contributed by atoms with Crippen LogP contribution in [0.2, 0.25) is 5.15 Å². The lowest BCUT2D eigenvalue weighted by molar-refractivity contribution is 0.0929. The first-order valence-electron chi connectivity index (χ1n) is 4.76. The van der Waals surface area contributed by atoms with Crippen LogP contribution in [-0.4, -0.2) is 30.1 Å². The van der Waals surface area contributed by atoms with Crippen LogP contribution in [0, 0.1) is 0 Å². The fourth-order valence-electron chi connectivity index (χ4n) is 1.47. The number of ether oxygens (including phenoxy) is 1. The fraction of sp³-hybridized carbons (Fsp3) is 0.400. The summed E-state index contributed by atoms with van der Waals surface area (Å²) in [5.41, 5.74) is 0.408. The molecule has 1 aliphatic heterocycles. The van der Waals surface area contributed by atoms with E-state index in [-0.39, 0.29) is 17.1 Å². The third-order valence-electron chi connectivity index (χ3n) is 2.27. The normalized spacial score (nSPS) is 20.2. The molecule has 0 bridgehead atoms. The molecule has 1 saturated heterocycles. The van der Waals surface area contributed by atoms with E-state index in [0.717, 1.165) is 6.42 Å². The number of nitrogens with one attached hydrogen (secondary N) is 1. The van der Waals surface area contributed by atoms with Gasteiger partial charge in [-0.15, -0.1) is 0 Å². The molecule has 1 aromatic heterocycles. The summed E-state index contributed by atoms with van der Waals surface area (Å²) in [7, 11) is 0. The predicted molar refractivity (Wildman–Crippen MR) is 55.9 cm³/mol. The standard InChI is InChI=1S/C10H11ClN2O2/c11-9-8(2-1-4-12-9)10(14)13-7-3-5-15-6-7/h1-2,4,7H,3,5-6H2,(H,13,14). The van der Waals surface area contributed by atoms with Crippen molar-refractivity contribution in [1.82, 2.24) is 10.3 Å². The third-order valence-corrected chi connectivity index (χ3v) is 2.57. The molecule has 1 aromatic rings. The quantitative estimate of drug-likeness (QED) is 0.773. The zero-order valence-corrected chi connectivity index (χ0v) is 8.83. The molecular weight excluding hydrogens is 216 g/mol. The first kappa shape index (κ1) is 10.4. The summed E-state index contributed by atoms with van der Waals surface area (Å²) >= 11 is 5.80. The fourth-order valence-corrected chi connectivity index (χ4v) is 1.67. The van der Waals surface area contributed by atoms with Gasteiger partial charge >= 0.3 is 0 Å². The number of aromatic nitrogens is 1. The van der Waals surface area contributed by atoms with Gasteiger partial charge in [0.1, 0.15) is 5.15 Å². The van der Waals surface area contributed by atoms with Gasteiger partial charge in [-0.1, -0.05) is 11.6 Å². The second-order valence-electron chi connectivity index (χ2n) is 3.38. The SMILES string of the molecule is O=C(NC1CCOC1)c1cccnc1Cl. The van der Waals surface area contributed by atoms with Crippen molar-refractivity contribution in [2.75, 3.05) is 13.2 Å². The highest BCUT2D eigenvalue weighted by molar-refractivity contribution is 6.32. The van der Waals surface area contributed by atoms with E-state index in [9.17, 15) is 4.79 Å². The highest BCUT2D eigenvalue weighted by atomic mass is 35.5. The summed E-state index contributed by atoms with van der Waals surface area (Å²) < 4.78 is 5.16. The number of amides is 1. The van der Waals surface area contributed by atoms with Crippen LogP contribution in [0.3, 0.4) is 0 Å². The Labute approximate surface area is 92.6 Å². The lowest BCUT2D eigenvalue weighted by atomic mass is 10.2. The van der Waals surface area contributed by atoms with E-state index in [1.54, 1.807) is 18.3 Å². The third kappa shape index (κ3) is 2.46. The lowest BCUT2D eigenvalue weighted by Gasteiger charge is -2.10. The maximum atomic E-state index is 11.7. The van der Waals surface area contributed by atoms with E-state index in [0.29, 0.717) is 18.8 Å². The van der Waals surface area contributed by atoms with Gasteiger partial charge < -0.3 is 10.1 Å². The monoisotopic (exact) mass is 226 g/mol. The van der Waals surface area contributed by atoms with E-state index in [1.807, 2.05) is 0 Å². The Morgan fingerprint density at radius 1 is 1.67 bits per heavy atom. The van der Waals surface area contributed by atoms with Gasteiger partial charge in [0.25, 0.3) is 5.91 Å². The zero-order chi connectivity index (χ0) is 10.7. The van der Waals surface area contributed by atoms with Crippen molar-refractivity contribution in [2.24, 2.45) is 0 Å². The summed E-state index contributed by atoms with van der Waals surface area (Å²) in [5, 5.41) is 3.08. The summed E-state index contributed by atoms with van der Waals surface area (Å²) in [5.74, 6) is -0.191. The molecule has 0 aromatic carbocycles. The van der Waals surface area contributed by atoms with Crippen LogP contribution in [0.4, 0.5) is 0 Å². The smallest absolute Gasteiger partial charge is 0.254 e. The molecule has 1 N–H and O–H groups in total. The maximum Gasteiger partial charge on any atom is 0.254 e. The molecule has 1 unspecified atom stereocenters. The number of carbonyl (C=O) groups excluding carboxylic acids is 1. The second-order valence-corrected chi connectivity index (χ2v) is 3.73. The summed E-state index contributed by atoms with van der Waals surface area (Å²) in [4.78, 5) is 15.6. The van der Waals surface area contributed by atoms with Crippen LogP contribution in [0.25, 0.3) is 0 Å². The molecule has 1 fully saturated rings. The van der Waals surface area contributed by atoms with Crippen LogP contribution < -0.4 is 5.32 Å². The van der Waals surface area contributed by atoms with Crippen molar-refractivity contribution in [2.45, 2.75) is 12.5 Å². The zero-order valence-electron chi connectivity index (χ0n) is 8.07. The van der Waals surface area contributed by atoms with Crippen molar-refractivity contribution in [3.63, 3.8) is 0 Å². The Bertz CT molecular complexity index is 364. The minimum atomic E-state index is -0.191. The maximum absolute atomic E-state index is 11.7. The van der Waals surface area contributed by atoms with Gasteiger partial charge in [-0.2, -0.15) is 0 Å². The number of nitrogens with zero attached hydrogens (tertiary/aromatic N) is 1. The Kier molecular flexibility index (Phi) is 3.18. The van der Waals surface area contributed by atoms with Crippen LogP contribution in [0.15, 0.2) is 18.3 Å². The summed E-state index contributed by atoms with van der Waals surface area (Å²) in [6, 6.07) is 3.43. The van der Waals surface area contributed by atoms with Crippen LogP contribution >= 0.6 is 11.6 Å². The molecule has 0 spiro atoms. The molecule has 80 valence electrons. The highest BCUT2D eigenvalue weighted by Crippen LogP contribution is 2.12. The molecule has 0 radical (unpaired) electrons. The van der Waals surface area contributed by atoms with Crippen LogP contribution in [0.5, 0.6) is 0 Å². The molecule has 0 saturated carbocycles. The van der Waals surface area contributed by atoms with Crippen LogP contribution in [-0.2, 0) is 4.74 Å². The Morgan fingerprint density at radius 2 is 2.53 bits per heavy atom. The molecule has 1 atom stereocenters. The second kappa shape index (κ2) is 4.59. The molecule has 2 rings (SSSR count). The average Bonchev–Trinajstić information content (AvgIpc) is 2.71. The number of hydrogen-bond acceptors (Lipinski definition) is 3. The molecule has 15 heavy (non-hydrogen) atoms. The molecule has 5 heteroatoms. The van der Waals surface area contributed by atoms with Gasteiger partial charge in [0.05, 0.1) is 18.2 Å². The first-order chi connectivity index (χ1) is 7.27. The largest absolute Gasteiger partial charge is 0.379 e. The van der Waals surface area contributed by atoms with Gasteiger partial charge in [0.15, 0.2) is 0 Å². The minimum absolute atomic E-state index is 0.0915. The molecule has 0 aliphatic carbocycles. The Balaban J connectivity index is 2.04. The van der Waals surface area contributed by atoms with E-state index >= 15 is 0 Å². The van der Waals surface area contributed by atoms with E-state index < -0.39 is 0 Å². The summed E-state index contributed by atoms with van der Waals surface area (Å²) in [6.45, 7) is 1.27. The molecule has 1 aliphatic rings. The first-order valence-corrected chi connectivity index (χ1v) is 5.14. The van der Waals surface area contributed by atoms with Gasteiger partial charge in [-0.3, -0.25) is 4.79 Å². The Morgan fingerprint density at radius 3 is 3.20 bits per heavy atom. The number of pyridine rings is 1. The predicted octanol–water partition coefficient (Wildman–Crippen LogP) is 1.25. The van der Waals surface area contributed by atoms with Gasteiger partial charge in [-0.05, 0) is 18.6 Å². The average molecular weight is 227 g/mol. The molecule has 4 nitrogen and oxygen atoms in total. The van der Waals surface area contributed by atoms with Gasteiger partial charge in [0.2, 0.25) is 0 Å². The topological polar surface area (TPSA) is 51.2 Å².